The van der Waals surface area contributed by atoms with E-state index in [1.54, 1.807) is 37.3 Å². The van der Waals surface area contributed by atoms with E-state index in [1.165, 1.54) is 0 Å². The van der Waals surface area contributed by atoms with Crippen molar-refractivity contribution < 1.29 is 14.3 Å². The third kappa shape index (κ3) is 4.85. The van der Waals surface area contributed by atoms with Crippen molar-refractivity contribution in [2.24, 2.45) is 0 Å². The van der Waals surface area contributed by atoms with Gasteiger partial charge in [-0.3, -0.25) is 4.79 Å². The lowest BCUT2D eigenvalue weighted by molar-refractivity contribution is 0.0937. The zero-order valence-electron chi connectivity index (χ0n) is 16.0. The predicted molar refractivity (Wildman–Crippen MR) is 114 cm³/mol. The molecule has 1 unspecified atom stereocenters. The van der Waals surface area contributed by atoms with Crippen molar-refractivity contribution >= 4 is 29.0 Å². The minimum Gasteiger partial charge on any atom is -0.493 e. The molecule has 0 saturated carbocycles. The van der Waals surface area contributed by atoms with Gasteiger partial charge in [0.2, 0.25) is 0 Å². The maximum atomic E-state index is 12.9. The number of thioether (sulfide) groups is 1. The first-order chi connectivity index (χ1) is 13.6. The molecule has 0 bridgehead atoms. The van der Waals surface area contributed by atoms with Gasteiger partial charge in [-0.15, -0.1) is 23.1 Å². The van der Waals surface area contributed by atoms with Crippen LogP contribution in [-0.2, 0) is 5.75 Å². The molecule has 0 spiro atoms. The summed E-state index contributed by atoms with van der Waals surface area (Å²) in [4.78, 5) is 18.1. The molecule has 1 heterocycles. The van der Waals surface area contributed by atoms with Crippen molar-refractivity contribution in [3.05, 3.63) is 70.2 Å². The van der Waals surface area contributed by atoms with Gasteiger partial charge < -0.3 is 14.8 Å². The fourth-order valence-electron chi connectivity index (χ4n) is 2.72. The van der Waals surface area contributed by atoms with Gasteiger partial charge in [0.15, 0.2) is 11.5 Å². The molecule has 7 heteroatoms. The van der Waals surface area contributed by atoms with Crippen LogP contribution in [-0.4, -0.2) is 25.1 Å². The predicted octanol–water partition coefficient (Wildman–Crippen LogP) is 4.94. The van der Waals surface area contributed by atoms with Gasteiger partial charge in [-0.2, -0.15) is 0 Å². The number of aromatic nitrogens is 1. The Bertz CT molecular complexity index is 929. The van der Waals surface area contributed by atoms with Crippen LogP contribution < -0.4 is 14.8 Å². The zero-order chi connectivity index (χ0) is 19.9. The molecule has 28 heavy (non-hydrogen) atoms. The van der Waals surface area contributed by atoms with Crippen LogP contribution in [0.5, 0.6) is 11.5 Å². The average molecular weight is 415 g/mol. The van der Waals surface area contributed by atoms with E-state index < -0.39 is 0 Å². The van der Waals surface area contributed by atoms with E-state index in [0.717, 1.165) is 21.9 Å². The Morgan fingerprint density at radius 2 is 1.96 bits per heavy atom. The van der Waals surface area contributed by atoms with Gasteiger partial charge in [0.1, 0.15) is 0 Å². The quantitative estimate of drug-likeness (QED) is 0.529. The number of carbonyl (C=O) groups is 1. The molecule has 0 aliphatic carbocycles. The summed E-state index contributed by atoms with van der Waals surface area (Å²) in [5, 5.41) is 5.10. The summed E-state index contributed by atoms with van der Waals surface area (Å²) >= 11 is 3.19. The molecule has 2 aromatic carbocycles. The van der Waals surface area contributed by atoms with Crippen molar-refractivity contribution in [2.75, 3.05) is 14.2 Å². The summed E-state index contributed by atoms with van der Waals surface area (Å²) in [5.41, 5.74) is 4.44. The number of nitrogens with zero attached hydrogens (tertiary/aromatic N) is 1. The van der Waals surface area contributed by atoms with E-state index in [1.807, 2.05) is 60.3 Å². The van der Waals surface area contributed by atoms with Gasteiger partial charge in [-0.05, 0) is 36.8 Å². The van der Waals surface area contributed by atoms with E-state index in [2.05, 4.69) is 10.3 Å². The molecule has 0 fully saturated rings. The third-order valence-electron chi connectivity index (χ3n) is 4.25. The van der Waals surface area contributed by atoms with Crippen LogP contribution in [0.3, 0.4) is 0 Å². The summed E-state index contributed by atoms with van der Waals surface area (Å²) in [5.74, 6) is 1.93. The van der Waals surface area contributed by atoms with Crippen LogP contribution in [0.15, 0.2) is 58.3 Å². The maximum Gasteiger partial charge on any atom is 0.252 e. The molecule has 1 atom stereocenters. The van der Waals surface area contributed by atoms with Crippen molar-refractivity contribution in [3.63, 3.8) is 0 Å². The number of rotatable bonds is 8. The van der Waals surface area contributed by atoms with Gasteiger partial charge in [0, 0.05) is 16.0 Å². The van der Waals surface area contributed by atoms with Gasteiger partial charge in [0.05, 0.1) is 37.0 Å². The molecule has 1 N–H and O–H groups in total. The Hall–Kier alpha value is -2.51. The van der Waals surface area contributed by atoms with Crippen LogP contribution in [0.2, 0.25) is 0 Å². The highest BCUT2D eigenvalue weighted by Gasteiger charge is 2.16. The zero-order valence-corrected chi connectivity index (χ0v) is 17.6. The molecule has 0 aliphatic heterocycles. The number of carbonyl (C=O) groups excluding carboxylic acids is 1. The Labute approximate surface area is 173 Å². The minimum atomic E-state index is -0.177. The van der Waals surface area contributed by atoms with E-state index in [4.69, 9.17) is 9.47 Å². The minimum absolute atomic E-state index is 0.108. The van der Waals surface area contributed by atoms with Crippen molar-refractivity contribution in [1.29, 1.82) is 0 Å². The Balaban J connectivity index is 1.72. The number of hydrogen-bond donors (Lipinski definition) is 1. The van der Waals surface area contributed by atoms with E-state index >= 15 is 0 Å². The van der Waals surface area contributed by atoms with Gasteiger partial charge >= 0.3 is 0 Å². The number of ether oxygens (including phenoxy) is 2. The molecule has 3 aromatic rings. The first-order valence-corrected chi connectivity index (χ1v) is 10.7. The second-order valence-corrected chi connectivity index (χ2v) is 7.81. The van der Waals surface area contributed by atoms with E-state index in [0.29, 0.717) is 17.1 Å². The van der Waals surface area contributed by atoms with Crippen LogP contribution in [0.1, 0.15) is 34.6 Å². The number of thiazole rings is 1. The molecule has 1 amide bonds. The number of amides is 1. The van der Waals surface area contributed by atoms with E-state index in [9.17, 15) is 4.79 Å². The summed E-state index contributed by atoms with van der Waals surface area (Å²) in [6, 6.07) is 13.1. The summed E-state index contributed by atoms with van der Waals surface area (Å²) < 4.78 is 10.6. The monoisotopic (exact) mass is 414 g/mol. The molecule has 146 valence electrons. The van der Waals surface area contributed by atoms with Crippen LogP contribution in [0, 0.1) is 0 Å². The van der Waals surface area contributed by atoms with Gasteiger partial charge in [-0.25, -0.2) is 4.98 Å². The number of hydrogen-bond acceptors (Lipinski definition) is 6. The highest BCUT2D eigenvalue weighted by Crippen LogP contribution is 2.31. The van der Waals surface area contributed by atoms with Crippen LogP contribution >= 0.6 is 23.1 Å². The largest absolute Gasteiger partial charge is 0.493 e. The molecule has 5 nitrogen and oxygen atoms in total. The fourth-order valence-corrected chi connectivity index (χ4v) is 4.34. The first-order valence-electron chi connectivity index (χ1n) is 8.74. The Morgan fingerprint density at radius 1 is 1.18 bits per heavy atom. The number of methoxy groups -OCH3 is 2. The lowest BCUT2D eigenvalue weighted by Gasteiger charge is -2.17. The molecular weight excluding hydrogens is 392 g/mol. The second-order valence-electron chi connectivity index (χ2n) is 6.07. The molecule has 3 rings (SSSR count). The maximum absolute atomic E-state index is 12.9. The highest BCUT2D eigenvalue weighted by molar-refractivity contribution is 7.98. The number of nitrogens with one attached hydrogen (secondary N) is 1. The average Bonchev–Trinajstić information content (AvgIpc) is 3.25. The highest BCUT2D eigenvalue weighted by atomic mass is 32.2. The van der Waals surface area contributed by atoms with Crippen molar-refractivity contribution in [1.82, 2.24) is 10.3 Å². The third-order valence-corrected chi connectivity index (χ3v) is 5.99. The molecule has 1 aromatic heterocycles. The Kier molecular flexibility index (Phi) is 6.95. The molecule has 0 radical (unpaired) electrons. The fraction of sp³-hybridized carbons (Fsp3) is 0.238. The molecule has 0 saturated heterocycles. The van der Waals surface area contributed by atoms with Gasteiger partial charge in [0.25, 0.3) is 5.91 Å². The van der Waals surface area contributed by atoms with E-state index in [-0.39, 0.29) is 11.9 Å². The number of benzene rings is 2. The lowest BCUT2D eigenvalue weighted by Crippen LogP contribution is -2.27. The Morgan fingerprint density at radius 3 is 2.68 bits per heavy atom. The normalized spacial score (nSPS) is 11.7. The lowest BCUT2D eigenvalue weighted by atomic mass is 10.1. The topological polar surface area (TPSA) is 60.5 Å². The molecular formula is C21H22N2O3S2. The van der Waals surface area contributed by atoms with Crippen molar-refractivity contribution in [3.8, 4) is 11.5 Å². The SMILES string of the molecule is COc1ccc(C(C)NC(=O)c2ccccc2SCc2cscn2)cc1OC. The summed E-state index contributed by atoms with van der Waals surface area (Å²) in [6.45, 7) is 1.95. The van der Waals surface area contributed by atoms with Crippen LogP contribution in [0.25, 0.3) is 0 Å². The second kappa shape index (κ2) is 9.61. The van der Waals surface area contributed by atoms with Gasteiger partial charge in [-0.1, -0.05) is 18.2 Å². The summed E-state index contributed by atoms with van der Waals surface area (Å²) in [7, 11) is 3.20. The smallest absolute Gasteiger partial charge is 0.252 e. The van der Waals surface area contributed by atoms with Crippen molar-refractivity contribution in [2.45, 2.75) is 23.6 Å². The molecule has 0 aliphatic rings. The van der Waals surface area contributed by atoms with Crippen LogP contribution in [0.4, 0.5) is 0 Å². The summed E-state index contributed by atoms with van der Waals surface area (Å²) in [6.07, 6.45) is 0. The first kappa shape index (κ1) is 20.2. The standard InChI is InChI=1S/C21H22N2O3S2/c1-14(15-8-9-18(25-2)19(10-15)26-3)23-21(24)17-6-4-5-7-20(17)28-12-16-11-27-13-22-16/h4-11,13-14H,12H2,1-3H3,(H,23,24).